The molecule has 10 heteroatoms. The van der Waals surface area contributed by atoms with Gasteiger partial charge in [-0.3, -0.25) is 0 Å². The van der Waals surface area contributed by atoms with Crippen LogP contribution in [0, 0.1) is 0 Å². The van der Waals surface area contributed by atoms with Gasteiger partial charge in [-0.25, -0.2) is 8.42 Å². The number of furan rings is 1. The summed E-state index contributed by atoms with van der Waals surface area (Å²) in [6.45, 7) is 2.01. The summed E-state index contributed by atoms with van der Waals surface area (Å²) in [6.07, 6.45) is -2.63. The van der Waals surface area contributed by atoms with E-state index in [1.54, 1.807) is 6.07 Å². The molecule has 0 radical (unpaired) electrons. The van der Waals surface area contributed by atoms with Crippen LogP contribution in [-0.4, -0.2) is 34.5 Å². The Morgan fingerprint density at radius 2 is 1.78 bits per heavy atom. The first kappa shape index (κ1) is 21.3. The lowest BCUT2D eigenvalue weighted by Gasteiger charge is -2.39. The Morgan fingerprint density at radius 3 is 2.53 bits per heavy atom. The van der Waals surface area contributed by atoms with E-state index in [2.05, 4.69) is 10.1 Å². The van der Waals surface area contributed by atoms with Crippen molar-refractivity contribution in [3.63, 3.8) is 0 Å². The van der Waals surface area contributed by atoms with Gasteiger partial charge in [0.25, 0.3) is 0 Å². The van der Waals surface area contributed by atoms with Gasteiger partial charge in [-0.2, -0.15) is 0 Å². The van der Waals surface area contributed by atoms with Crippen LogP contribution < -0.4 is 10.1 Å². The van der Waals surface area contributed by atoms with Gasteiger partial charge in [-0.15, -0.1) is 13.2 Å². The van der Waals surface area contributed by atoms with Crippen molar-refractivity contribution in [2.75, 3.05) is 19.8 Å². The fourth-order valence-electron chi connectivity index (χ4n) is 4.54. The van der Waals surface area contributed by atoms with E-state index in [0.717, 1.165) is 54.6 Å². The molecule has 1 N–H and O–H groups in total. The maximum atomic E-state index is 13.1. The van der Waals surface area contributed by atoms with Crippen molar-refractivity contribution in [2.24, 2.45) is 0 Å². The molecule has 5 rings (SSSR count). The van der Waals surface area contributed by atoms with Gasteiger partial charge in [0, 0.05) is 36.8 Å². The zero-order valence-electron chi connectivity index (χ0n) is 16.9. The molecule has 2 aliphatic rings. The molecule has 0 aliphatic carbocycles. The molecule has 0 amide bonds. The highest BCUT2D eigenvalue weighted by atomic mass is 32.2. The molecule has 1 aromatic heterocycles. The van der Waals surface area contributed by atoms with Gasteiger partial charge in [-0.1, -0.05) is 6.07 Å². The average molecular weight is 467 g/mol. The highest BCUT2D eigenvalue weighted by Crippen LogP contribution is 2.42. The molecule has 32 heavy (non-hydrogen) atoms. The summed E-state index contributed by atoms with van der Waals surface area (Å²) < 4.78 is 79.4. The Balaban J connectivity index is 1.55. The summed E-state index contributed by atoms with van der Waals surface area (Å²) in [5.41, 5.74) is 1.17. The first-order valence-corrected chi connectivity index (χ1v) is 11.7. The molecule has 3 aromatic rings. The van der Waals surface area contributed by atoms with E-state index < -0.39 is 21.9 Å². The number of benzene rings is 2. The number of rotatable bonds is 3. The summed E-state index contributed by atoms with van der Waals surface area (Å²) in [6, 6.07) is 8.96. The molecule has 1 fully saturated rings. The molecular weight excluding hydrogens is 447 g/mol. The van der Waals surface area contributed by atoms with Crippen LogP contribution in [0.15, 0.2) is 56.7 Å². The fourth-order valence-corrected chi connectivity index (χ4v) is 5.85. The molecule has 3 heterocycles. The Labute approximate surface area is 182 Å². The van der Waals surface area contributed by atoms with Crippen LogP contribution in [0.25, 0.3) is 11.0 Å². The third kappa shape index (κ3) is 3.66. The van der Waals surface area contributed by atoms with Crippen molar-refractivity contribution in [3.8, 4) is 5.75 Å². The van der Waals surface area contributed by atoms with Gasteiger partial charge in [0.05, 0.1) is 15.3 Å². The second-order valence-corrected chi connectivity index (χ2v) is 9.91. The summed E-state index contributed by atoms with van der Waals surface area (Å²) in [4.78, 5) is -0.355. The molecule has 0 bridgehead atoms. The van der Waals surface area contributed by atoms with Crippen LogP contribution in [-0.2, 0) is 26.5 Å². The van der Waals surface area contributed by atoms with Crippen molar-refractivity contribution in [1.82, 2.24) is 5.32 Å². The number of hydrogen-bond donors (Lipinski definition) is 1. The summed E-state index contributed by atoms with van der Waals surface area (Å²) in [7, 11) is -4.09. The van der Waals surface area contributed by atoms with Crippen LogP contribution in [0.5, 0.6) is 5.75 Å². The van der Waals surface area contributed by atoms with E-state index in [9.17, 15) is 21.6 Å². The maximum absolute atomic E-state index is 13.1. The van der Waals surface area contributed by atoms with E-state index in [1.807, 2.05) is 0 Å². The van der Waals surface area contributed by atoms with Crippen LogP contribution in [0.4, 0.5) is 13.2 Å². The van der Waals surface area contributed by atoms with Crippen molar-refractivity contribution in [2.45, 2.75) is 41.0 Å². The minimum Gasteiger partial charge on any atom is -0.459 e. The zero-order chi connectivity index (χ0) is 22.6. The van der Waals surface area contributed by atoms with Gasteiger partial charge in [0.2, 0.25) is 9.84 Å². The number of hydrogen-bond acceptors (Lipinski definition) is 6. The van der Waals surface area contributed by atoms with Crippen LogP contribution >= 0.6 is 0 Å². The van der Waals surface area contributed by atoms with Gasteiger partial charge < -0.3 is 19.2 Å². The van der Waals surface area contributed by atoms with Gasteiger partial charge in [0.15, 0.2) is 0 Å². The smallest absolute Gasteiger partial charge is 0.459 e. The Kier molecular flexibility index (Phi) is 4.99. The molecule has 170 valence electrons. The average Bonchev–Trinajstić information content (AvgIpc) is 3.13. The topological polar surface area (TPSA) is 77.8 Å². The predicted octanol–water partition coefficient (Wildman–Crippen LogP) is 4.32. The van der Waals surface area contributed by atoms with E-state index in [0.29, 0.717) is 18.8 Å². The van der Waals surface area contributed by atoms with Crippen molar-refractivity contribution in [1.29, 1.82) is 0 Å². The van der Waals surface area contributed by atoms with Gasteiger partial charge in [0.1, 0.15) is 17.1 Å². The second kappa shape index (κ2) is 7.50. The number of halogens is 3. The zero-order valence-corrected chi connectivity index (χ0v) is 17.7. The second-order valence-electron chi connectivity index (χ2n) is 7.97. The third-order valence-corrected chi connectivity index (χ3v) is 7.79. The predicted molar refractivity (Wildman–Crippen MR) is 108 cm³/mol. The minimum atomic E-state index is -4.91. The largest absolute Gasteiger partial charge is 0.573 e. The van der Waals surface area contributed by atoms with Crippen LogP contribution in [0.2, 0.25) is 0 Å². The van der Waals surface area contributed by atoms with E-state index in [-0.39, 0.29) is 15.3 Å². The Hall–Kier alpha value is -2.56. The lowest BCUT2D eigenvalue weighted by molar-refractivity contribution is -0.274. The number of sulfone groups is 1. The van der Waals surface area contributed by atoms with Crippen molar-refractivity contribution < 1.29 is 35.5 Å². The highest BCUT2D eigenvalue weighted by molar-refractivity contribution is 7.91. The number of alkyl halides is 3. The first-order chi connectivity index (χ1) is 15.2. The van der Waals surface area contributed by atoms with E-state index in [1.165, 1.54) is 24.3 Å². The van der Waals surface area contributed by atoms with E-state index >= 15 is 0 Å². The molecule has 6 nitrogen and oxygen atoms in total. The Morgan fingerprint density at radius 1 is 1.03 bits per heavy atom. The summed E-state index contributed by atoms with van der Waals surface area (Å²) >= 11 is 0. The molecule has 1 saturated heterocycles. The SMILES string of the molecule is O=S(=O)(c1cccc(OC(F)(F)F)c1)c1ccc2c3c(oc2c1)C1(CCOCC1)NCC3. The lowest BCUT2D eigenvalue weighted by atomic mass is 9.81. The Bertz CT molecular complexity index is 1280. The van der Waals surface area contributed by atoms with Crippen LogP contribution in [0.3, 0.4) is 0 Å². The molecule has 1 spiro atoms. The molecular formula is C22H20F3NO5S. The standard InChI is InChI=1S/C22H20F3NO5S/c23-22(24,25)31-14-2-1-3-15(12-14)32(27,28)16-4-5-17-18-6-9-26-21(7-10-29-11-8-21)20(18)30-19(17)13-16/h1-5,12-13,26H,6-11H2. The normalized spacial score (nSPS) is 18.6. The minimum absolute atomic E-state index is 0.0609. The maximum Gasteiger partial charge on any atom is 0.573 e. The quantitative estimate of drug-likeness (QED) is 0.619. The fraction of sp³-hybridized carbons (Fsp3) is 0.364. The van der Waals surface area contributed by atoms with Gasteiger partial charge >= 0.3 is 6.36 Å². The monoisotopic (exact) mass is 467 g/mol. The highest BCUT2D eigenvalue weighted by Gasteiger charge is 2.42. The number of fused-ring (bicyclic) bond motifs is 4. The molecule has 2 aliphatic heterocycles. The summed E-state index contributed by atoms with van der Waals surface area (Å²) in [5, 5.41) is 4.40. The number of nitrogens with one attached hydrogen (secondary N) is 1. The molecule has 0 atom stereocenters. The first-order valence-electron chi connectivity index (χ1n) is 10.2. The molecule has 2 aromatic carbocycles. The third-order valence-electron chi connectivity index (χ3n) is 6.04. The van der Waals surface area contributed by atoms with Crippen LogP contribution in [0.1, 0.15) is 24.2 Å². The van der Waals surface area contributed by atoms with E-state index in [4.69, 9.17) is 9.15 Å². The lowest BCUT2D eigenvalue weighted by Crippen LogP contribution is -2.50. The summed E-state index contributed by atoms with van der Waals surface area (Å²) in [5.74, 6) is 0.220. The van der Waals surface area contributed by atoms with Gasteiger partial charge in [-0.05, 0) is 49.6 Å². The molecule has 0 unspecified atom stereocenters. The molecule has 0 saturated carbocycles. The van der Waals surface area contributed by atoms with Crippen molar-refractivity contribution in [3.05, 3.63) is 53.8 Å². The van der Waals surface area contributed by atoms with Crippen molar-refractivity contribution >= 4 is 20.8 Å². The number of ether oxygens (including phenoxy) is 2.